The first kappa shape index (κ1) is 20.4. The van der Waals surface area contributed by atoms with Crippen molar-refractivity contribution in [3.05, 3.63) is 76.3 Å². The summed E-state index contributed by atoms with van der Waals surface area (Å²) in [5, 5.41) is 6.27. The van der Waals surface area contributed by atoms with E-state index in [1.807, 2.05) is 50.4 Å². The number of aromatic nitrogens is 1. The minimum atomic E-state index is -0.379. The molecule has 4 rings (SSSR count). The van der Waals surface area contributed by atoms with Crippen LogP contribution < -0.4 is 10.6 Å². The number of dihydropyridines is 1. The van der Waals surface area contributed by atoms with Gasteiger partial charge in [-0.25, -0.2) is 4.98 Å². The van der Waals surface area contributed by atoms with E-state index in [1.54, 1.807) is 24.0 Å². The summed E-state index contributed by atoms with van der Waals surface area (Å²) in [5.41, 5.74) is 5.02. The molecule has 154 valence electrons. The van der Waals surface area contributed by atoms with Gasteiger partial charge in [-0.1, -0.05) is 18.2 Å². The second-order valence-electron chi connectivity index (χ2n) is 7.71. The molecule has 0 saturated heterocycles. The normalized spacial score (nSPS) is 18.8. The van der Waals surface area contributed by atoms with Crippen molar-refractivity contribution in [2.45, 2.75) is 43.9 Å². The van der Waals surface area contributed by atoms with Crippen molar-refractivity contribution in [2.24, 2.45) is 0 Å². The van der Waals surface area contributed by atoms with Gasteiger partial charge in [-0.3, -0.25) is 9.59 Å². The molecule has 30 heavy (non-hydrogen) atoms. The highest BCUT2D eigenvalue weighted by Crippen LogP contribution is 2.42. The van der Waals surface area contributed by atoms with E-state index in [1.165, 1.54) is 0 Å². The second kappa shape index (κ2) is 8.48. The van der Waals surface area contributed by atoms with Gasteiger partial charge in [0.1, 0.15) is 5.82 Å². The summed E-state index contributed by atoms with van der Waals surface area (Å²) in [5.74, 6) is 0.00158. The van der Waals surface area contributed by atoms with Gasteiger partial charge in [-0.15, -0.1) is 11.8 Å². The maximum atomic E-state index is 13.4. The molecule has 1 amide bonds. The van der Waals surface area contributed by atoms with Crippen molar-refractivity contribution >= 4 is 29.3 Å². The molecule has 6 heteroatoms. The van der Waals surface area contributed by atoms with E-state index in [0.29, 0.717) is 17.8 Å². The lowest BCUT2D eigenvalue weighted by Gasteiger charge is -2.34. The standard InChI is InChI=1S/C24H25N3O2S/c1-14-7-12-20(25-13-14)27-24(29)21-15(2)26-18-5-4-6-19(28)23(18)22(21)16-8-10-17(30-3)11-9-16/h7-13,22,26H,4-6H2,1-3H3,(H,25,27,29)/t22-/m1/s1. The van der Waals surface area contributed by atoms with Crippen molar-refractivity contribution in [1.29, 1.82) is 0 Å². The fourth-order valence-electron chi connectivity index (χ4n) is 4.14. The van der Waals surface area contributed by atoms with E-state index in [0.717, 1.165) is 45.8 Å². The minimum Gasteiger partial charge on any atom is -0.362 e. The number of rotatable bonds is 4. The van der Waals surface area contributed by atoms with Crippen LogP contribution in [0.5, 0.6) is 0 Å². The Bertz CT molecular complexity index is 1050. The average molecular weight is 420 g/mol. The lowest BCUT2D eigenvalue weighted by molar-refractivity contribution is -0.116. The fraction of sp³-hybridized carbons (Fsp3) is 0.292. The van der Waals surface area contributed by atoms with Gasteiger partial charge in [0.15, 0.2) is 5.78 Å². The summed E-state index contributed by atoms with van der Waals surface area (Å²) < 4.78 is 0. The van der Waals surface area contributed by atoms with Gasteiger partial charge in [0.05, 0.1) is 0 Å². The molecule has 1 aromatic heterocycles. The number of benzene rings is 1. The van der Waals surface area contributed by atoms with Crippen LogP contribution in [-0.4, -0.2) is 22.9 Å². The number of allylic oxidation sites excluding steroid dienone is 3. The summed E-state index contributed by atoms with van der Waals surface area (Å²) in [6, 6.07) is 11.8. The third kappa shape index (κ3) is 3.92. The molecule has 0 unspecified atom stereocenters. The summed E-state index contributed by atoms with van der Waals surface area (Å²) in [4.78, 5) is 31.7. The number of hydrogen-bond donors (Lipinski definition) is 2. The number of aryl methyl sites for hydroxylation is 1. The van der Waals surface area contributed by atoms with Crippen molar-refractivity contribution in [3.8, 4) is 0 Å². The molecule has 2 heterocycles. The van der Waals surface area contributed by atoms with E-state index in [2.05, 4.69) is 15.6 Å². The van der Waals surface area contributed by atoms with Crippen molar-refractivity contribution in [1.82, 2.24) is 10.3 Å². The largest absolute Gasteiger partial charge is 0.362 e. The molecule has 2 aromatic rings. The second-order valence-corrected chi connectivity index (χ2v) is 8.59. The van der Waals surface area contributed by atoms with E-state index in [4.69, 9.17) is 0 Å². The van der Waals surface area contributed by atoms with Gasteiger partial charge in [-0.05, 0) is 62.3 Å². The Hall–Kier alpha value is -2.86. The molecule has 0 spiro atoms. The lowest BCUT2D eigenvalue weighted by atomic mass is 9.75. The number of pyridine rings is 1. The summed E-state index contributed by atoms with van der Waals surface area (Å²) in [7, 11) is 0. The van der Waals surface area contributed by atoms with E-state index in [-0.39, 0.29) is 17.6 Å². The van der Waals surface area contributed by atoms with Crippen LogP contribution in [-0.2, 0) is 9.59 Å². The fourth-order valence-corrected chi connectivity index (χ4v) is 4.55. The molecule has 2 N–H and O–H groups in total. The molecule has 2 aliphatic rings. The third-order valence-electron chi connectivity index (χ3n) is 5.62. The molecule has 1 aromatic carbocycles. The predicted molar refractivity (Wildman–Crippen MR) is 120 cm³/mol. The number of carbonyl (C=O) groups is 2. The van der Waals surface area contributed by atoms with E-state index in [9.17, 15) is 9.59 Å². The topological polar surface area (TPSA) is 71.1 Å². The van der Waals surface area contributed by atoms with E-state index < -0.39 is 0 Å². The molecule has 5 nitrogen and oxygen atoms in total. The zero-order chi connectivity index (χ0) is 21.3. The summed E-state index contributed by atoms with van der Waals surface area (Å²) in [6.07, 6.45) is 5.94. The zero-order valence-electron chi connectivity index (χ0n) is 17.4. The van der Waals surface area contributed by atoms with Crippen LogP contribution in [0, 0.1) is 6.92 Å². The Morgan fingerprint density at radius 1 is 1.13 bits per heavy atom. The van der Waals surface area contributed by atoms with Crippen LogP contribution in [0.3, 0.4) is 0 Å². The number of nitrogens with zero attached hydrogens (tertiary/aromatic N) is 1. The highest BCUT2D eigenvalue weighted by molar-refractivity contribution is 7.98. The highest BCUT2D eigenvalue weighted by Gasteiger charge is 2.38. The van der Waals surface area contributed by atoms with Crippen molar-refractivity contribution < 1.29 is 9.59 Å². The molecule has 1 aliphatic heterocycles. The van der Waals surface area contributed by atoms with Gasteiger partial charge >= 0.3 is 0 Å². The molecular formula is C24H25N3O2S. The zero-order valence-corrected chi connectivity index (χ0v) is 18.2. The summed E-state index contributed by atoms with van der Waals surface area (Å²) >= 11 is 1.67. The number of carbonyl (C=O) groups excluding carboxylic acids is 2. The Morgan fingerprint density at radius 2 is 1.90 bits per heavy atom. The number of amides is 1. The number of hydrogen-bond acceptors (Lipinski definition) is 5. The van der Waals surface area contributed by atoms with Gasteiger partial charge in [0, 0.05) is 46.0 Å². The average Bonchev–Trinajstić information content (AvgIpc) is 2.74. The first-order valence-electron chi connectivity index (χ1n) is 10.1. The van der Waals surface area contributed by atoms with Crippen molar-refractivity contribution in [2.75, 3.05) is 11.6 Å². The van der Waals surface area contributed by atoms with Crippen LogP contribution in [0.1, 0.15) is 43.2 Å². The summed E-state index contributed by atoms with van der Waals surface area (Å²) in [6.45, 7) is 3.86. The van der Waals surface area contributed by atoms with Crippen LogP contribution in [0.15, 0.2) is 70.0 Å². The first-order valence-corrected chi connectivity index (χ1v) is 11.3. The molecule has 0 bridgehead atoms. The molecular weight excluding hydrogens is 394 g/mol. The number of thioether (sulfide) groups is 1. The van der Waals surface area contributed by atoms with Gasteiger partial charge < -0.3 is 10.6 Å². The van der Waals surface area contributed by atoms with Gasteiger partial charge in [-0.2, -0.15) is 0 Å². The lowest BCUT2D eigenvalue weighted by Crippen LogP contribution is -2.35. The van der Waals surface area contributed by atoms with Gasteiger partial charge in [0.2, 0.25) is 0 Å². The number of ketones is 1. The molecule has 1 atom stereocenters. The SMILES string of the molecule is CSc1ccc([C@@H]2C(C(=O)Nc3ccc(C)cn3)=C(C)NC3=C2C(=O)CCC3)cc1. The Kier molecular flexibility index (Phi) is 5.77. The van der Waals surface area contributed by atoms with Crippen molar-refractivity contribution in [3.63, 3.8) is 0 Å². The molecule has 0 fully saturated rings. The number of anilines is 1. The molecule has 1 aliphatic carbocycles. The predicted octanol–water partition coefficient (Wildman–Crippen LogP) is 4.72. The minimum absolute atomic E-state index is 0.119. The Labute approximate surface area is 181 Å². The monoisotopic (exact) mass is 419 g/mol. The van der Waals surface area contributed by atoms with Crippen LogP contribution in [0.2, 0.25) is 0 Å². The molecule has 0 saturated carbocycles. The number of nitrogens with one attached hydrogen (secondary N) is 2. The third-order valence-corrected chi connectivity index (χ3v) is 6.37. The Morgan fingerprint density at radius 3 is 2.57 bits per heavy atom. The Balaban J connectivity index is 1.76. The van der Waals surface area contributed by atoms with Crippen LogP contribution in [0.4, 0.5) is 5.82 Å². The van der Waals surface area contributed by atoms with Crippen LogP contribution >= 0.6 is 11.8 Å². The first-order chi connectivity index (χ1) is 14.5. The number of Topliss-reactive ketones (excluding diaryl/α,β-unsaturated/α-hetero) is 1. The van der Waals surface area contributed by atoms with Crippen LogP contribution in [0.25, 0.3) is 0 Å². The smallest absolute Gasteiger partial charge is 0.255 e. The van der Waals surface area contributed by atoms with E-state index >= 15 is 0 Å². The highest BCUT2D eigenvalue weighted by atomic mass is 32.2. The molecule has 0 radical (unpaired) electrons. The maximum absolute atomic E-state index is 13.4. The van der Waals surface area contributed by atoms with Gasteiger partial charge in [0.25, 0.3) is 5.91 Å². The quantitative estimate of drug-likeness (QED) is 0.702. The maximum Gasteiger partial charge on any atom is 0.255 e.